The van der Waals surface area contributed by atoms with Gasteiger partial charge in [0.15, 0.2) is 0 Å². The van der Waals surface area contributed by atoms with Crippen molar-refractivity contribution in [2.75, 3.05) is 65.4 Å². The van der Waals surface area contributed by atoms with Gasteiger partial charge in [-0.05, 0) is 106 Å². The van der Waals surface area contributed by atoms with Crippen molar-refractivity contribution in [1.82, 2.24) is 97.2 Å². The fourth-order valence-corrected chi connectivity index (χ4v) is 17.8. The van der Waals surface area contributed by atoms with Gasteiger partial charge in [-0.15, -0.1) is 11.8 Å². The number of carbonyl (C=O) groups excluding carboxylic acids is 17. The number of hydrogen-bond donors (Lipinski definition) is 20. The molecule has 3 aromatic heterocycles. The number of rotatable bonds is 28. The van der Waals surface area contributed by atoms with Gasteiger partial charge in [-0.2, -0.15) is 0 Å². The first kappa shape index (κ1) is 108. The number of aromatic hydroxyl groups is 1. The number of aliphatic hydroxyl groups is 1. The number of H-pyrrole nitrogens is 2. The third-order valence-electron chi connectivity index (χ3n) is 24.5. The van der Waals surface area contributed by atoms with Gasteiger partial charge in [0.2, 0.25) is 100 Å². The van der Waals surface area contributed by atoms with Crippen LogP contribution in [0.15, 0.2) is 97.7 Å². The molecule has 15 atom stereocenters. The normalized spacial score (nSPS) is 24.4. The average Bonchev–Trinajstić information content (AvgIpc) is 1.65. The van der Waals surface area contributed by atoms with Crippen LogP contribution in [-0.2, 0) is 123 Å². The third kappa shape index (κ3) is 29.5. The van der Waals surface area contributed by atoms with Crippen LogP contribution in [0.2, 0.25) is 0 Å². The number of nitrogens with two attached hydrogens (primary N) is 4. The van der Waals surface area contributed by atoms with Crippen LogP contribution in [-0.4, -0.2) is 333 Å². The minimum atomic E-state index is -1.83. The number of aromatic amines is 2. The van der Waals surface area contributed by atoms with Crippen LogP contribution < -0.4 is 76.1 Å². The first-order chi connectivity index (χ1) is 65.7. The van der Waals surface area contributed by atoms with E-state index >= 15 is 38.4 Å². The van der Waals surface area contributed by atoms with E-state index in [1.165, 1.54) is 75.6 Å². The monoisotopic (exact) mass is 1940 g/mol. The summed E-state index contributed by atoms with van der Waals surface area (Å²) in [7, 11) is 3.80. The van der Waals surface area contributed by atoms with E-state index in [0.29, 0.717) is 57.8 Å². The fourth-order valence-electron chi connectivity index (χ4n) is 17.0. The highest BCUT2D eigenvalue weighted by Gasteiger charge is 2.47. The quantitative estimate of drug-likeness (QED) is 0.0222. The second-order valence-electron chi connectivity index (χ2n) is 34.6. The maximum absolute atomic E-state index is 16.0. The molecule has 3 aliphatic rings. The number of carbonyl (C=O) groups is 19. The minimum absolute atomic E-state index is 0.0501. The lowest BCUT2D eigenvalue weighted by molar-refractivity contribution is -0.149. The number of nitrogens with one attached hydrogen (secondary N) is 12. The maximum atomic E-state index is 16.0. The van der Waals surface area contributed by atoms with Crippen molar-refractivity contribution in [2.24, 2.45) is 22.9 Å². The van der Waals surface area contributed by atoms with Gasteiger partial charge in [-0.1, -0.05) is 88.1 Å². The largest absolute Gasteiger partial charge is 0.508 e. The zero-order valence-electron chi connectivity index (χ0n) is 77.7. The predicted molar refractivity (Wildman–Crippen MR) is 500 cm³/mol. The highest BCUT2D eigenvalue weighted by atomic mass is 32.2. The van der Waals surface area contributed by atoms with Crippen LogP contribution in [0.4, 0.5) is 0 Å². The number of fused-ring (bicyclic) bond motifs is 4. The van der Waals surface area contributed by atoms with Gasteiger partial charge in [0.05, 0.1) is 24.6 Å². The number of aliphatic carboxylic acids is 2. The number of primary amides is 2. The van der Waals surface area contributed by atoms with Gasteiger partial charge in [0.1, 0.15) is 103 Å². The molecule has 46 nitrogen and oxygen atoms in total. The molecule has 3 aromatic carbocycles. The molecule has 0 radical (unpaired) electrons. The molecule has 3 fully saturated rings. The van der Waals surface area contributed by atoms with Crippen molar-refractivity contribution in [3.05, 3.63) is 120 Å². The lowest BCUT2D eigenvalue weighted by atomic mass is 9.99. The van der Waals surface area contributed by atoms with Crippen molar-refractivity contribution in [1.29, 1.82) is 0 Å². The Hall–Kier alpha value is -14.1. The van der Waals surface area contributed by atoms with E-state index in [4.69, 9.17) is 22.9 Å². The number of nitrogens with zero attached hydrogens (tertiary/aromatic N) is 7. The zero-order chi connectivity index (χ0) is 101. The molecular weight excluding hydrogens is 1820 g/mol. The summed E-state index contributed by atoms with van der Waals surface area (Å²) < 4.78 is 1.42. The van der Waals surface area contributed by atoms with Crippen molar-refractivity contribution >= 4 is 146 Å². The molecule has 748 valence electrons. The summed E-state index contributed by atoms with van der Waals surface area (Å²) in [5, 5.41) is 68.4. The number of benzene rings is 3. The summed E-state index contributed by atoms with van der Waals surface area (Å²) in [6.45, 7) is 2.03. The molecule has 9 rings (SSSR count). The number of phenols is 1. The van der Waals surface area contributed by atoms with Crippen LogP contribution in [0, 0.1) is 0 Å². The van der Waals surface area contributed by atoms with Crippen LogP contribution in [0.1, 0.15) is 133 Å². The molecule has 6 aromatic rings. The Morgan fingerprint density at radius 1 is 0.536 bits per heavy atom. The van der Waals surface area contributed by atoms with E-state index in [1.807, 2.05) is 13.8 Å². The van der Waals surface area contributed by atoms with Crippen LogP contribution in [0.3, 0.4) is 0 Å². The van der Waals surface area contributed by atoms with Crippen LogP contribution in [0.25, 0.3) is 21.8 Å². The minimum Gasteiger partial charge on any atom is -0.508 e. The van der Waals surface area contributed by atoms with Gasteiger partial charge < -0.3 is 136 Å². The number of amides is 17. The summed E-state index contributed by atoms with van der Waals surface area (Å²) in [4.78, 5) is 291. The van der Waals surface area contributed by atoms with Crippen LogP contribution >= 0.6 is 11.8 Å². The molecule has 0 bridgehead atoms. The fraction of sp³-hybridized carbons (Fsp3) is 0.516. The first-order valence-electron chi connectivity index (χ1n) is 45.7. The Bertz CT molecular complexity index is 5380. The third-order valence-corrected chi connectivity index (χ3v) is 25.6. The van der Waals surface area contributed by atoms with Gasteiger partial charge in [-0.25, -0.2) is 4.98 Å². The molecular formula is C91H125N23O23S. The van der Waals surface area contributed by atoms with Crippen molar-refractivity contribution in [3.63, 3.8) is 0 Å². The van der Waals surface area contributed by atoms with E-state index in [0.717, 1.165) is 36.3 Å². The summed E-state index contributed by atoms with van der Waals surface area (Å²) in [6, 6.07) is -3.70. The van der Waals surface area contributed by atoms with E-state index in [-0.39, 0.29) is 88.9 Å². The van der Waals surface area contributed by atoms with Gasteiger partial charge in [0, 0.05) is 125 Å². The number of para-hydroxylation sites is 2. The van der Waals surface area contributed by atoms with Gasteiger partial charge in [0.25, 0.3) is 0 Å². The first-order valence-corrected chi connectivity index (χ1v) is 46.8. The number of unbranched alkanes of at least 4 members (excludes halogenated alkanes) is 2. The highest BCUT2D eigenvalue weighted by molar-refractivity contribution is 8.00. The average molecular weight is 1940 g/mol. The number of hydrogen-bond acceptors (Lipinski definition) is 25. The number of phenolic OH excluding ortho intramolecular Hbond substituents is 1. The molecule has 0 unspecified atom stereocenters. The number of aromatic nitrogens is 4. The Balaban J connectivity index is 1.12. The van der Waals surface area contributed by atoms with Crippen LogP contribution in [0.5, 0.6) is 5.75 Å². The molecule has 0 saturated carbocycles. The smallest absolute Gasteiger partial charge is 0.323 e. The lowest BCUT2D eigenvalue weighted by Gasteiger charge is -2.36. The van der Waals surface area contributed by atoms with Gasteiger partial charge in [-0.3, -0.25) is 91.1 Å². The zero-order valence-corrected chi connectivity index (χ0v) is 78.5. The molecule has 17 amide bonds. The number of carboxylic acid groups (broad SMARTS) is 2. The Kier molecular flexibility index (Phi) is 39.9. The van der Waals surface area contributed by atoms with Crippen molar-refractivity contribution in [3.8, 4) is 5.75 Å². The SMILES string of the molecule is CCCC[C@H]1C(=O)N(C)[C@@H](CCCC)C(=O)N[C@@H](CCN)C(=O)N[C@H](C(=O)NCC(=O)O)CSCC(=O)N[C@@H](Cc2ccc(O)cc2)C(=O)N(C)[C@@H](C)C(=O)N[C@H](CC(N)=O)C(=O)N2CCC[C@H]2C(=O)N[C@@H](Cc2cnc[nH]2)C(=O)N[C@@H](CCC(N)=O)C(=O)N2C[C@H](O)C[C@H]2C(=O)N[C@@H](Cc2c[nH]c3ccccc23)C(=O)N[C@@H](CCN)C(=O)N[C@@H](Cc2cn(CC(=O)O)c3ccccc23)C(=O)N1C. The standard InChI is InChI=1S/C91H125N23O23S/c1-7-9-19-69-84(130)102-60(30-32-93)81(127)108-67(79(125)98-42-76(120)121)46-138-47-75(119)100-64(34-50-23-25-54(115)26-24-50)87(133)109(4)49(3)78(124)106-66(39-74(95)118)90(136)113-33-15-22-70(113)85(131)105-63(37-53-41-96-48-99-53)83(129)103-61(27-28-73(94)117)89(135)114-44-55(116)38-72(114)86(132)104-62(35-51-40-97-58-18-13-11-16-56(51)58)82(128)101-59(29-31-92)80(126)107-65(88(134)111(6)71(20-10-8-2)91(137)110(69)5)36-52-43-112(45-77(122)123)68-21-14-12-17-57(52)68/h11-14,16-18,21,23-26,40-41,43,48-49,55,59-67,69-72,97,115-116H,7-10,15,19-20,22,27-39,42,44-47,92-93H2,1-6H3,(H2,94,117)(H2,95,118)(H,96,99)(H,98,125)(H,100,119)(H,101,128)(H,102,130)(H,103,129)(H,104,132)(H,105,131)(H,106,124)(H,107,126)(H,108,127)(H,120,121)(H,122,123)/t49-,55+,59-,60-,61-,62-,63-,64-,65-,66+,67-,69-,70-,71-,72-/m0/s1. The van der Waals surface area contributed by atoms with Gasteiger partial charge >= 0.3 is 11.9 Å². The summed E-state index contributed by atoms with van der Waals surface area (Å²) in [6.07, 6.45) is 1.03. The number of carboxylic acids is 2. The lowest BCUT2D eigenvalue weighted by Crippen LogP contribution is -2.61. The molecule has 24 N–H and O–H groups in total. The summed E-state index contributed by atoms with van der Waals surface area (Å²) in [5.41, 5.74) is 26.1. The highest BCUT2D eigenvalue weighted by Crippen LogP contribution is 2.29. The maximum Gasteiger partial charge on any atom is 0.323 e. The van der Waals surface area contributed by atoms with E-state index in [2.05, 4.69) is 68.1 Å². The molecule has 0 spiro atoms. The van der Waals surface area contributed by atoms with E-state index in [1.54, 1.807) is 54.7 Å². The Morgan fingerprint density at radius 2 is 1.09 bits per heavy atom. The summed E-state index contributed by atoms with van der Waals surface area (Å²) >= 11 is 0.718. The number of aliphatic hydroxyl groups excluding tert-OH is 1. The molecule has 3 saturated heterocycles. The number of imidazole rings is 1. The molecule has 3 aliphatic heterocycles. The summed E-state index contributed by atoms with van der Waals surface area (Å²) in [5.74, 6) is -20.9. The second-order valence-corrected chi connectivity index (χ2v) is 35.6. The molecule has 0 aliphatic carbocycles. The molecule has 6 heterocycles. The topological polar surface area (TPSA) is 695 Å². The molecule has 138 heavy (non-hydrogen) atoms. The Labute approximate surface area is 798 Å². The van der Waals surface area contributed by atoms with E-state index < -0.39 is 273 Å². The molecule has 47 heteroatoms. The Morgan fingerprint density at radius 3 is 1.72 bits per heavy atom. The number of likely N-dealkylation sites (N-methyl/N-ethyl adjacent to an activating group) is 3. The number of thioether (sulfide) groups is 1. The van der Waals surface area contributed by atoms with E-state index in [9.17, 15) is 73.2 Å². The predicted octanol–water partition coefficient (Wildman–Crippen LogP) is -4.11. The second kappa shape index (κ2) is 51.2. The van der Waals surface area contributed by atoms with Crippen molar-refractivity contribution < 1.29 is 112 Å². The van der Waals surface area contributed by atoms with Crippen molar-refractivity contribution in [2.45, 2.75) is 234 Å².